The average Bonchev–Trinajstić information content (AvgIpc) is 3.20. The highest BCUT2D eigenvalue weighted by atomic mass is 35.5. The number of hydrogen-bond donors (Lipinski definition) is 2. The Kier molecular flexibility index (Phi) is 6.74. The van der Waals surface area contributed by atoms with Gasteiger partial charge < -0.3 is 10.6 Å². The number of benzene rings is 2. The lowest BCUT2D eigenvalue weighted by molar-refractivity contribution is -0.120. The molecule has 7 nitrogen and oxygen atoms in total. The largest absolute Gasteiger partial charge is 0.369 e. The van der Waals surface area contributed by atoms with Gasteiger partial charge in [-0.05, 0) is 29.7 Å². The van der Waals surface area contributed by atoms with E-state index in [0.717, 1.165) is 35.4 Å². The molecule has 0 spiro atoms. The zero-order chi connectivity index (χ0) is 21.5. The number of anilines is 1. The molecule has 0 aliphatic rings. The number of halogens is 1. The first-order chi connectivity index (χ1) is 15.2. The van der Waals surface area contributed by atoms with Gasteiger partial charge in [-0.15, -0.1) is 0 Å². The number of nitrogens with zero attached hydrogens (tertiary/aromatic N) is 4. The molecule has 0 aliphatic carbocycles. The third kappa shape index (κ3) is 5.58. The zero-order valence-electron chi connectivity index (χ0n) is 17.0. The molecule has 2 aromatic carbocycles. The van der Waals surface area contributed by atoms with Gasteiger partial charge in [-0.1, -0.05) is 54.1 Å². The molecule has 0 atom stereocenters. The maximum Gasteiger partial charge on any atom is 0.224 e. The van der Waals surface area contributed by atoms with Gasteiger partial charge in [0.2, 0.25) is 5.91 Å². The first-order valence-electron chi connectivity index (χ1n) is 10.1. The van der Waals surface area contributed by atoms with Crippen molar-refractivity contribution in [1.29, 1.82) is 0 Å². The van der Waals surface area contributed by atoms with E-state index in [-0.39, 0.29) is 5.91 Å². The second-order valence-electron chi connectivity index (χ2n) is 7.14. The highest BCUT2D eigenvalue weighted by Crippen LogP contribution is 2.18. The Morgan fingerprint density at radius 2 is 1.77 bits per heavy atom. The second kappa shape index (κ2) is 10.0. The predicted octanol–water partition coefficient (Wildman–Crippen LogP) is 3.49. The van der Waals surface area contributed by atoms with E-state index in [1.165, 1.54) is 11.9 Å². The molecule has 0 bridgehead atoms. The van der Waals surface area contributed by atoms with E-state index in [9.17, 15) is 4.79 Å². The first kappa shape index (κ1) is 20.8. The van der Waals surface area contributed by atoms with Crippen LogP contribution in [-0.2, 0) is 24.2 Å². The Hall–Kier alpha value is -3.45. The summed E-state index contributed by atoms with van der Waals surface area (Å²) in [5.41, 5.74) is 2.93. The standard InChI is InChI=1S/C23H23ClN6O/c24-19-8-6-18(7-9-19)14-21(31)25-12-13-30-23-20(15-29-30)22(27-16-28-23)26-11-10-17-4-2-1-3-5-17/h1-9,15-16H,10-14H2,(H,25,31)(H,26,27,28). The average molecular weight is 435 g/mol. The molecule has 4 rings (SSSR count). The van der Waals surface area contributed by atoms with Crippen LogP contribution in [0.2, 0.25) is 5.02 Å². The van der Waals surface area contributed by atoms with Crippen LogP contribution in [0, 0.1) is 0 Å². The van der Waals surface area contributed by atoms with Crippen LogP contribution in [0.25, 0.3) is 11.0 Å². The molecule has 0 fully saturated rings. The van der Waals surface area contributed by atoms with Gasteiger partial charge in [-0.3, -0.25) is 4.79 Å². The maximum absolute atomic E-state index is 12.2. The molecule has 158 valence electrons. The first-order valence-corrected chi connectivity index (χ1v) is 10.5. The van der Waals surface area contributed by atoms with Crippen molar-refractivity contribution in [2.24, 2.45) is 0 Å². The number of amides is 1. The molecule has 8 heteroatoms. The fourth-order valence-corrected chi connectivity index (χ4v) is 3.44. The SMILES string of the molecule is O=C(Cc1ccc(Cl)cc1)NCCn1ncc2c(NCCc3ccccc3)ncnc21. The molecule has 31 heavy (non-hydrogen) atoms. The topological polar surface area (TPSA) is 84.7 Å². The highest BCUT2D eigenvalue weighted by molar-refractivity contribution is 6.30. The summed E-state index contributed by atoms with van der Waals surface area (Å²) in [6.45, 7) is 1.75. The molecule has 0 unspecified atom stereocenters. The zero-order valence-corrected chi connectivity index (χ0v) is 17.7. The van der Waals surface area contributed by atoms with Crippen molar-refractivity contribution in [3.8, 4) is 0 Å². The smallest absolute Gasteiger partial charge is 0.224 e. The lowest BCUT2D eigenvalue weighted by atomic mass is 10.1. The molecule has 0 saturated heterocycles. The van der Waals surface area contributed by atoms with Gasteiger partial charge in [0.05, 0.1) is 24.5 Å². The number of carbonyl (C=O) groups is 1. The molecule has 2 heterocycles. The number of nitrogens with one attached hydrogen (secondary N) is 2. The fourth-order valence-electron chi connectivity index (χ4n) is 3.32. The number of hydrogen-bond acceptors (Lipinski definition) is 5. The minimum absolute atomic E-state index is 0.0447. The van der Waals surface area contributed by atoms with Gasteiger partial charge >= 0.3 is 0 Å². The van der Waals surface area contributed by atoms with E-state index in [2.05, 4.69) is 37.8 Å². The van der Waals surface area contributed by atoms with Crippen LogP contribution in [0.4, 0.5) is 5.82 Å². The number of aromatic nitrogens is 4. The Morgan fingerprint density at radius 1 is 0.968 bits per heavy atom. The van der Waals surface area contributed by atoms with Crippen molar-refractivity contribution in [3.63, 3.8) is 0 Å². The molecule has 0 aliphatic heterocycles. The lowest BCUT2D eigenvalue weighted by Crippen LogP contribution is -2.28. The van der Waals surface area contributed by atoms with Crippen molar-refractivity contribution in [1.82, 2.24) is 25.1 Å². The van der Waals surface area contributed by atoms with Crippen molar-refractivity contribution >= 4 is 34.4 Å². The summed E-state index contributed by atoms with van der Waals surface area (Å²) in [6.07, 6.45) is 4.51. The summed E-state index contributed by atoms with van der Waals surface area (Å²) in [4.78, 5) is 20.9. The van der Waals surface area contributed by atoms with Crippen molar-refractivity contribution in [2.75, 3.05) is 18.4 Å². The molecular weight excluding hydrogens is 412 g/mol. The van der Waals surface area contributed by atoms with Crippen LogP contribution in [0.5, 0.6) is 0 Å². The van der Waals surface area contributed by atoms with Crippen molar-refractivity contribution < 1.29 is 4.79 Å². The molecule has 0 radical (unpaired) electrons. The monoisotopic (exact) mass is 434 g/mol. The number of carbonyl (C=O) groups excluding carboxylic acids is 1. The van der Waals surface area contributed by atoms with E-state index in [4.69, 9.17) is 11.6 Å². The summed E-state index contributed by atoms with van der Waals surface area (Å²) in [7, 11) is 0. The van der Waals surface area contributed by atoms with Gasteiger partial charge in [0.1, 0.15) is 12.1 Å². The summed E-state index contributed by atoms with van der Waals surface area (Å²) in [5, 5.41) is 12.2. The Labute approximate surface area is 185 Å². The van der Waals surface area contributed by atoms with Gasteiger partial charge in [-0.25, -0.2) is 14.6 Å². The Morgan fingerprint density at radius 3 is 2.58 bits per heavy atom. The van der Waals surface area contributed by atoms with Crippen LogP contribution >= 0.6 is 11.6 Å². The Bertz CT molecular complexity index is 1140. The quantitative estimate of drug-likeness (QED) is 0.421. The van der Waals surface area contributed by atoms with Crippen LogP contribution in [0.15, 0.2) is 67.1 Å². The second-order valence-corrected chi connectivity index (χ2v) is 7.58. The van der Waals surface area contributed by atoms with E-state index in [1.54, 1.807) is 23.0 Å². The summed E-state index contributed by atoms with van der Waals surface area (Å²) in [6, 6.07) is 17.6. The lowest BCUT2D eigenvalue weighted by Gasteiger charge is -2.08. The van der Waals surface area contributed by atoms with Crippen LogP contribution in [0.3, 0.4) is 0 Å². The van der Waals surface area contributed by atoms with E-state index >= 15 is 0 Å². The fraction of sp³-hybridized carbons (Fsp3) is 0.217. The molecule has 4 aromatic rings. The Balaban J connectivity index is 1.31. The van der Waals surface area contributed by atoms with Gasteiger partial charge in [0.25, 0.3) is 0 Å². The third-order valence-electron chi connectivity index (χ3n) is 4.91. The highest BCUT2D eigenvalue weighted by Gasteiger charge is 2.10. The normalized spacial score (nSPS) is 10.9. The third-order valence-corrected chi connectivity index (χ3v) is 5.16. The predicted molar refractivity (Wildman–Crippen MR) is 122 cm³/mol. The minimum Gasteiger partial charge on any atom is -0.369 e. The van der Waals surface area contributed by atoms with Crippen LogP contribution in [0.1, 0.15) is 11.1 Å². The van der Waals surface area contributed by atoms with Gasteiger partial charge in [0, 0.05) is 18.1 Å². The number of fused-ring (bicyclic) bond motifs is 1. The molecule has 2 aromatic heterocycles. The van der Waals surface area contributed by atoms with E-state index in [0.29, 0.717) is 24.5 Å². The minimum atomic E-state index is -0.0447. The molecule has 2 N–H and O–H groups in total. The van der Waals surface area contributed by atoms with E-state index in [1.807, 2.05) is 30.3 Å². The maximum atomic E-state index is 12.2. The summed E-state index contributed by atoms with van der Waals surface area (Å²) < 4.78 is 1.78. The number of rotatable bonds is 9. The van der Waals surface area contributed by atoms with Crippen LogP contribution in [-0.4, -0.2) is 38.7 Å². The summed E-state index contributed by atoms with van der Waals surface area (Å²) in [5.74, 6) is 0.718. The molecular formula is C23H23ClN6O. The van der Waals surface area contributed by atoms with E-state index < -0.39 is 0 Å². The van der Waals surface area contributed by atoms with Gasteiger partial charge in [0.15, 0.2) is 5.65 Å². The molecule has 1 amide bonds. The van der Waals surface area contributed by atoms with Crippen molar-refractivity contribution in [2.45, 2.75) is 19.4 Å². The van der Waals surface area contributed by atoms with Crippen LogP contribution < -0.4 is 10.6 Å². The van der Waals surface area contributed by atoms with Gasteiger partial charge in [-0.2, -0.15) is 5.10 Å². The molecule has 0 saturated carbocycles. The van der Waals surface area contributed by atoms with Crippen molar-refractivity contribution in [3.05, 3.63) is 83.3 Å². The summed E-state index contributed by atoms with van der Waals surface area (Å²) >= 11 is 5.88.